The van der Waals surface area contributed by atoms with Crippen LogP contribution in [-0.4, -0.2) is 31.4 Å². The standard InChI is InChI=1S/C24H29FN2O2S/c1-2-26-17-22-23(20-11-13-21(25)14-12-20)30(28,29)27(18-19-9-5-3-6-10-19)24(22)15-7-4-8-16-24/h3,5-6,9-14,26H,2,4,7-8,15-18H2,1H3. The molecule has 1 spiro atoms. The zero-order valence-electron chi connectivity index (χ0n) is 17.4. The predicted molar refractivity (Wildman–Crippen MR) is 119 cm³/mol. The van der Waals surface area contributed by atoms with Crippen LogP contribution in [0.2, 0.25) is 0 Å². The molecule has 1 aliphatic heterocycles. The third-order valence-corrected chi connectivity index (χ3v) is 8.43. The molecular formula is C24H29FN2O2S. The van der Waals surface area contributed by atoms with Gasteiger partial charge in [-0.2, -0.15) is 4.31 Å². The minimum atomic E-state index is -3.73. The van der Waals surface area contributed by atoms with E-state index in [1.165, 1.54) is 12.1 Å². The number of hydrogen-bond acceptors (Lipinski definition) is 3. The Balaban J connectivity index is 1.89. The Bertz CT molecular complexity index is 1010. The number of nitrogens with zero attached hydrogens (tertiary/aromatic N) is 1. The summed E-state index contributed by atoms with van der Waals surface area (Å²) in [6, 6.07) is 15.7. The molecule has 2 aromatic rings. The van der Waals surface area contributed by atoms with Crippen molar-refractivity contribution in [2.24, 2.45) is 0 Å². The summed E-state index contributed by atoms with van der Waals surface area (Å²) in [5.74, 6) is -0.364. The van der Waals surface area contributed by atoms with Crippen LogP contribution in [0, 0.1) is 5.82 Å². The first-order chi connectivity index (χ1) is 14.5. The SMILES string of the molecule is CCNCC1=C(c2ccc(F)cc2)S(=O)(=O)N(Cc2ccccc2)C12CCCCC2. The van der Waals surface area contributed by atoms with Crippen LogP contribution in [0.15, 0.2) is 60.2 Å². The normalized spacial score (nSPS) is 20.7. The van der Waals surface area contributed by atoms with Gasteiger partial charge in [0.25, 0.3) is 0 Å². The highest BCUT2D eigenvalue weighted by atomic mass is 32.2. The Morgan fingerprint density at radius 2 is 1.67 bits per heavy atom. The first-order valence-electron chi connectivity index (χ1n) is 10.8. The third kappa shape index (κ3) is 3.72. The predicted octanol–water partition coefficient (Wildman–Crippen LogP) is 4.69. The molecule has 0 radical (unpaired) electrons. The quantitative estimate of drug-likeness (QED) is 0.726. The molecule has 0 bridgehead atoms. The third-order valence-electron chi connectivity index (χ3n) is 6.37. The van der Waals surface area contributed by atoms with Gasteiger partial charge in [-0.3, -0.25) is 0 Å². The molecule has 4 nitrogen and oxygen atoms in total. The van der Waals surface area contributed by atoms with E-state index in [2.05, 4.69) is 5.32 Å². The molecule has 1 aliphatic carbocycles. The van der Waals surface area contributed by atoms with E-state index in [0.29, 0.717) is 23.6 Å². The Kier molecular flexibility index (Phi) is 6.09. The van der Waals surface area contributed by atoms with E-state index >= 15 is 0 Å². The highest BCUT2D eigenvalue weighted by molar-refractivity contribution is 7.98. The van der Waals surface area contributed by atoms with Gasteiger partial charge in [-0.25, -0.2) is 12.8 Å². The number of halogens is 1. The van der Waals surface area contributed by atoms with Crippen molar-refractivity contribution in [1.29, 1.82) is 0 Å². The zero-order valence-corrected chi connectivity index (χ0v) is 18.2. The maximum atomic E-state index is 14.0. The van der Waals surface area contributed by atoms with E-state index in [4.69, 9.17) is 0 Å². The van der Waals surface area contributed by atoms with Crippen molar-refractivity contribution in [3.63, 3.8) is 0 Å². The van der Waals surface area contributed by atoms with Crippen molar-refractivity contribution in [2.45, 2.75) is 51.1 Å². The topological polar surface area (TPSA) is 49.4 Å². The Hall–Kier alpha value is -2.02. The van der Waals surface area contributed by atoms with Gasteiger partial charge in [0.15, 0.2) is 0 Å². The van der Waals surface area contributed by atoms with E-state index < -0.39 is 15.6 Å². The lowest BCUT2D eigenvalue weighted by atomic mass is 9.75. The summed E-state index contributed by atoms with van der Waals surface area (Å²) >= 11 is 0. The second-order valence-corrected chi connectivity index (χ2v) is 9.98. The van der Waals surface area contributed by atoms with E-state index in [9.17, 15) is 12.8 Å². The Morgan fingerprint density at radius 3 is 2.30 bits per heavy atom. The molecule has 0 unspecified atom stereocenters. The van der Waals surface area contributed by atoms with Gasteiger partial charge >= 0.3 is 0 Å². The fraction of sp³-hybridized carbons (Fsp3) is 0.417. The summed E-state index contributed by atoms with van der Waals surface area (Å²) in [6.45, 7) is 3.66. The molecule has 2 aromatic carbocycles. The van der Waals surface area contributed by atoms with Crippen LogP contribution >= 0.6 is 0 Å². The molecule has 1 N–H and O–H groups in total. The molecule has 6 heteroatoms. The molecule has 1 heterocycles. The molecule has 4 rings (SSSR count). The van der Waals surface area contributed by atoms with E-state index in [1.54, 1.807) is 16.4 Å². The number of rotatable bonds is 6. The van der Waals surface area contributed by atoms with E-state index in [1.807, 2.05) is 37.3 Å². The fourth-order valence-corrected chi connectivity index (χ4v) is 7.25. The number of likely N-dealkylation sites (N-methyl/N-ethyl adjacent to an activating group) is 1. The molecule has 30 heavy (non-hydrogen) atoms. The molecular weight excluding hydrogens is 399 g/mol. The molecule has 0 amide bonds. The van der Waals surface area contributed by atoms with Crippen LogP contribution in [0.3, 0.4) is 0 Å². The van der Waals surface area contributed by atoms with E-state index in [-0.39, 0.29) is 5.82 Å². The molecule has 2 aliphatic rings. The van der Waals surface area contributed by atoms with Gasteiger partial charge in [0.2, 0.25) is 10.0 Å². The van der Waals surface area contributed by atoms with Gasteiger partial charge < -0.3 is 5.32 Å². The number of benzene rings is 2. The van der Waals surface area contributed by atoms with Crippen molar-refractivity contribution in [2.75, 3.05) is 13.1 Å². The zero-order chi connectivity index (χ0) is 21.2. The summed E-state index contributed by atoms with van der Waals surface area (Å²) in [6.07, 6.45) is 4.79. The Labute approximate surface area is 178 Å². The number of sulfonamides is 1. The van der Waals surface area contributed by atoms with Crippen molar-refractivity contribution in [3.8, 4) is 0 Å². The van der Waals surface area contributed by atoms with Crippen LogP contribution in [0.25, 0.3) is 4.91 Å². The van der Waals surface area contributed by atoms with Crippen molar-refractivity contribution in [1.82, 2.24) is 9.62 Å². The monoisotopic (exact) mass is 428 g/mol. The van der Waals surface area contributed by atoms with E-state index in [0.717, 1.165) is 49.8 Å². The molecule has 0 aromatic heterocycles. The second kappa shape index (κ2) is 8.61. The minimum absolute atomic E-state index is 0.351. The van der Waals surface area contributed by atoms with Crippen molar-refractivity contribution < 1.29 is 12.8 Å². The van der Waals surface area contributed by atoms with Crippen molar-refractivity contribution >= 4 is 14.9 Å². The number of nitrogens with one attached hydrogen (secondary N) is 1. The first kappa shape index (κ1) is 21.2. The lowest BCUT2D eigenvalue weighted by Gasteiger charge is -2.42. The maximum Gasteiger partial charge on any atom is 0.244 e. The molecule has 1 fully saturated rings. The van der Waals surface area contributed by atoms with Crippen LogP contribution in [0.5, 0.6) is 0 Å². The molecule has 0 saturated heterocycles. The Morgan fingerprint density at radius 1 is 1.00 bits per heavy atom. The second-order valence-electron chi connectivity index (χ2n) is 8.18. The summed E-state index contributed by atoms with van der Waals surface area (Å²) in [7, 11) is -3.73. The van der Waals surface area contributed by atoms with Gasteiger partial charge in [0.1, 0.15) is 5.82 Å². The molecule has 0 atom stereocenters. The van der Waals surface area contributed by atoms with Gasteiger partial charge in [0, 0.05) is 13.1 Å². The van der Waals surface area contributed by atoms with Crippen LogP contribution < -0.4 is 5.32 Å². The summed E-state index contributed by atoms with van der Waals surface area (Å²) in [5.41, 5.74) is 1.98. The van der Waals surface area contributed by atoms with Gasteiger partial charge in [0.05, 0.1) is 10.4 Å². The van der Waals surface area contributed by atoms with Gasteiger partial charge in [-0.1, -0.05) is 68.7 Å². The average Bonchev–Trinajstić information content (AvgIpc) is 2.92. The first-order valence-corrected chi connectivity index (χ1v) is 12.2. The summed E-state index contributed by atoms with van der Waals surface area (Å²) in [5, 5.41) is 3.37. The fourth-order valence-electron chi connectivity index (χ4n) is 4.95. The van der Waals surface area contributed by atoms with Crippen LogP contribution in [0.1, 0.15) is 50.2 Å². The number of hydrogen-bond donors (Lipinski definition) is 1. The van der Waals surface area contributed by atoms with Gasteiger partial charge in [-0.15, -0.1) is 0 Å². The largest absolute Gasteiger partial charge is 0.313 e. The lowest BCUT2D eigenvalue weighted by molar-refractivity contribution is 0.166. The van der Waals surface area contributed by atoms with Crippen LogP contribution in [-0.2, 0) is 16.6 Å². The smallest absolute Gasteiger partial charge is 0.244 e. The summed E-state index contributed by atoms with van der Waals surface area (Å²) < 4.78 is 43.3. The highest BCUT2D eigenvalue weighted by Crippen LogP contribution is 2.52. The summed E-state index contributed by atoms with van der Waals surface area (Å²) in [4.78, 5) is 0.362. The molecule has 160 valence electrons. The van der Waals surface area contributed by atoms with Crippen molar-refractivity contribution in [3.05, 3.63) is 77.1 Å². The highest BCUT2D eigenvalue weighted by Gasteiger charge is 2.55. The van der Waals surface area contributed by atoms with Crippen LogP contribution in [0.4, 0.5) is 4.39 Å². The maximum absolute atomic E-state index is 14.0. The van der Waals surface area contributed by atoms with Gasteiger partial charge in [-0.05, 0) is 48.2 Å². The molecule has 1 saturated carbocycles. The average molecular weight is 429 g/mol. The lowest BCUT2D eigenvalue weighted by Crippen LogP contribution is -2.50. The minimum Gasteiger partial charge on any atom is -0.313 e.